The first-order valence-corrected chi connectivity index (χ1v) is 19.5. The van der Waals surface area contributed by atoms with Crippen molar-refractivity contribution in [2.45, 2.75) is 38.5 Å². The van der Waals surface area contributed by atoms with E-state index in [0.29, 0.717) is 0 Å². The van der Waals surface area contributed by atoms with Crippen molar-refractivity contribution < 1.29 is 0 Å². The lowest BCUT2D eigenvalue weighted by molar-refractivity contribution is 0.578. The minimum absolute atomic E-state index is 1.13. The van der Waals surface area contributed by atoms with Gasteiger partial charge in [0, 0.05) is 37.6 Å². The molecule has 0 N–H and O–H groups in total. The number of rotatable bonds is 4. The van der Waals surface area contributed by atoms with Crippen LogP contribution in [0.2, 0.25) is 0 Å². The Morgan fingerprint density at radius 2 is 0.846 bits per heavy atom. The number of anilines is 2. The molecule has 0 unspecified atom stereocenters. The Kier molecular flexibility index (Phi) is 6.93. The van der Waals surface area contributed by atoms with Gasteiger partial charge in [-0.15, -0.1) is 0 Å². The van der Waals surface area contributed by atoms with Crippen molar-refractivity contribution in [2.24, 2.45) is 0 Å². The van der Waals surface area contributed by atoms with Crippen molar-refractivity contribution in [1.29, 1.82) is 0 Å². The molecule has 0 atom stereocenters. The van der Waals surface area contributed by atoms with Crippen LogP contribution in [-0.4, -0.2) is 26.2 Å². The lowest BCUT2D eigenvalue weighted by atomic mass is 9.82. The fraction of sp³-hybridized carbons (Fsp3) is 0.200. The molecule has 9 aromatic rings. The van der Waals surface area contributed by atoms with Crippen LogP contribution < -0.4 is 9.80 Å². The Morgan fingerprint density at radius 1 is 0.327 bits per heavy atom. The van der Waals surface area contributed by atoms with Crippen molar-refractivity contribution in [1.82, 2.24) is 0 Å². The molecule has 2 heteroatoms. The van der Waals surface area contributed by atoms with Crippen molar-refractivity contribution in [3.05, 3.63) is 133 Å². The van der Waals surface area contributed by atoms with Crippen LogP contribution in [-0.2, 0) is 0 Å². The van der Waals surface area contributed by atoms with Crippen LogP contribution in [0.3, 0.4) is 0 Å². The molecule has 0 amide bonds. The highest BCUT2D eigenvalue weighted by Crippen LogP contribution is 2.49. The lowest BCUT2D eigenvalue weighted by Gasteiger charge is -2.30. The zero-order chi connectivity index (χ0) is 34.2. The largest absolute Gasteiger partial charge is 0.372 e. The van der Waals surface area contributed by atoms with Gasteiger partial charge in [0.05, 0.1) is 0 Å². The van der Waals surface area contributed by atoms with Crippen LogP contribution in [0.25, 0.3) is 86.9 Å². The molecule has 0 spiro atoms. The Bertz CT molecular complexity index is 2800. The molecular formula is C50H42N2. The number of nitrogens with zero attached hydrogens (tertiary/aromatic N) is 2. The van der Waals surface area contributed by atoms with Crippen molar-refractivity contribution in [3.63, 3.8) is 0 Å². The van der Waals surface area contributed by atoms with E-state index in [0.717, 1.165) is 26.2 Å². The summed E-state index contributed by atoms with van der Waals surface area (Å²) in [5.41, 5.74) is 8.02. The van der Waals surface area contributed by atoms with E-state index >= 15 is 0 Å². The number of benzene rings is 9. The molecule has 9 aromatic carbocycles. The van der Waals surface area contributed by atoms with Crippen LogP contribution in [0.4, 0.5) is 11.4 Å². The maximum absolute atomic E-state index is 2.62. The Morgan fingerprint density at radius 3 is 1.54 bits per heavy atom. The normalized spacial score (nSPS) is 15.6. The predicted molar refractivity (Wildman–Crippen MR) is 226 cm³/mol. The first kappa shape index (κ1) is 30.1. The summed E-state index contributed by atoms with van der Waals surface area (Å²) in [5, 5.41) is 16.0. The van der Waals surface area contributed by atoms with E-state index in [1.807, 2.05) is 0 Å². The smallest absolute Gasteiger partial charge is 0.0372 e. The van der Waals surface area contributed by atoms with Crippen LogP contribution in [0, 0.1) is 0 Å². The summed E-state index contributed by atoms with van der Waals surface area (Å²) in [6, 6.07) is 51.6. The SMILES string of the molecule is c1ccc2cc(-c3c4cc(N5CCCCC5)ccc4c(-c4ccc5ccc6cccc7ccc4c5c67)c4cc(N5CCCCC5)ccc34)ccc2c1. The third-order valence-electron chi connectivity index (χ3n) is 12.4. The van der Waals surface area contributed by atoms with E-state index < -0.39 is 0 Å². The van der Waals surface area contributed by atoms with E-state index in [-0.39, 0.29) is 0 Å². The van der Waals surface area contributed by atoms with Gasteiger partial charge in [0.15, 0.2) is 0 Å². The summed E-state index contributed by atoms with van der Waals surface area (Å²) in [6.45, 7) is 4.52. The molecule has 11 rings (SSSR count). The maximum Gasteiger partial charge on any atom is 0.0372 e. The van der Waals surface area contributed by atoms with E-state index in [1.54, 1.807) is 0 Å². The van der Waals surface area contributed by atoms with Crippen LogP contribution in [0.5, 0.6) is 0 Å². The number of hydrogen-bond donors (Lipinski definition) is 0. The van der Waals surface area contributed by atoms with Gasteiger partial charge in [-0.25, -0.2) is 0 Å². The van der Waals surface area contributed by atoms with Gasteiger partial charge in [-0.2, -0.15) is 0 Å². The summed E-state index contributed by atoms with van der Waals surface area (Å²) >= 11 is 0. The van der Waals surface area contributed by atoms with Gasteiger partial charge in [-0.3, -0.25) is 0 Å². The second kappa shape index (κ2) is 12.0. The highest BCUT2D eigenvalue weighted by molar-refractivity contribution is 6.29. The quantitative estimate of drug-likeness (QED) is 0.136. The van der Waals surface area contributed by atoms with Crippen molar-refractivity contribution in [2.75, 3.05) is 36.0 Å². The molecule has 2 heterocycles. The zero-order valence-corrected chi connectivity index (χ0v) is 29.7. The minimum atomic E-state index is 1.13. The number of piperidine rings is 2. The minimum Gasteiger partial charge on any atom is -0.372 e. The summed E-state index contributed by atoms with van der Waals surface area (Å²) < 4.78 is 0. The third-order valence-corrected chi connectivity index (χ3v) is 12.4. The standard InChI is InChI=1S/C50H42N2/c1-5-26-51(27-6-1)39-21-25-44-45(31-39)48(38-17-14-33-10-3-4-11-37(33)30-38)43-24-20-40(52-28-7-2-8-29-52)32-46(43)50(44)42-23-19-36-16-15-34-12-9-13-35-18-22-41(42)49(36)47(34)35/h3-4,9-25,30-32H,1-2,5-8,26-29H2. The topological polar surface area (TPSA) is 6.48 Å². The van der Waals surface area contributed by atoms with Crippen LogP contribution in [0.15, 0.2) is 133 Å². The first-order chi connectivity index (χ1) is 25.8. The van der Waals surface area contributed by atoms with Gasteiger partial charge in [-0.05, 0) is 156 Å². The molecule has 2 nitrogen and oxygen atoms in total. The molecule has 0 radical (unpaired) electrons. The monoisotopic (exact) mass is 670 g/mol. The van der Waals surface area contributed by atoms with Gasteiger partial charge in [0.2, 0.25) is 0 Å². The molecule has 0 saturated carbocycles. The zero-order valence-electron chi connectivity index (χ0n) is 29.7. The van der Waals surface area contributed by atoms with E-state index in [9.17, 15) is 0 Å². The van der Waals surface area contributed by atoms with E-state index in [2.05, 4.69) is 143 Å². The van der Waals surface area contributed by atoms with E-state index in [1.165, 1.54) is 137 Å². The lowest BCUT2D eigenvalue weighted by Crippen LogP contribution is -2.29. The Hall–Kier alpha value is -5.60. The Labute approximate surface area is 305 Å². The molecule has 2 fully saturated rings. The van der Waals surface area contributed by atoms with Crippen LogP contribution in [0.1, 0.15) is 38.5 Å². The predicted octanol–water partition coefficient (Wildman–Crippen LogP) is 13.4. The fourth-order valence-corrected chi connectivity index (χ4v) is 9.80. The second-order valence-electron chi connectivity index (χ2n) is 15.3. The van der Waals surface area contributed by atoms with Gasteiger partial charge in [0.25, 0.3) is 0 Å². The second-order valence-corrected chi connectivity index (χ2v) is 15.3. The molecule has 0 aliphatic carbocycles. The van der Waals surface area contributed by atoms with Gasteiger partial charge in [-0.1, -0.05) is 103 Å². The molecule has 0 aromatic heterocycles. The van der Waals surface area contributed by atoms with E-state index in [4.69, 9.17) is 0 Å². The average Bonchev–Trinajstić information content (AvgIpc) is 3.22. The summed E-state index contributed by atoms with van der Waals surface area (Å²) in [5.74, 6) is 0. The van der Waals surface area contributed by atoms with Crippen molar-refractivity contribution >= 4 is 76.0 Å². The van der Waals surface area contributed by atoms with Gasteiger partial charge < -0.3 is 9.80 Å². The van der Waals surface area contributed by atoms with Crippen molar-refractivity contribution in [3.8, 4) is 22.3 Å². The third kappa shape index (κ3) is 4.70. The Balaban J connectivity index is 1.28. The fourth-order valence-electron chi connectivity index (χ4n) is 9.80. The van der Waals surface area contributed by atoms with Gasteiger partial charge in [0.1, 0.15) is 0 Å². The molecular weight excluding hydrogens is 629 g/mol. The summed E-state index contributed by atoms with van der Waals surface area (Å²) in [4.78, 5) is 5.24. The maximum atomic E-state index is 2.62. The molecule has 2 aliphatic heterocycles. The average molecular weight is 671 g/mol. The molecule has 252 valence electrons. The number of fused-ring (bicyclic) bond motifs is 3. The number of hydrogen-bond acceptors (Lipinski definition) is 2. The first-order valence-electron chi connectivity index (χ1n) is 19.5. The summed E-state index contributed by atoms with van der Waals surface area (Å²) in [7, 11) is 0. The molecule has 2 aliphatic rings. The molecule has 2 saturated heterocycles. The van der Waals surface area contributed by atoms with Gasteiger partial charge >= 0.3 is 0 Å². The molecule has 0 bridgehead atoms. The highest BCUT2D eigenvalue weighted by atomic mass is 15.1. The molecule has 52 heavy (non-hydrogen) atoms. The highest BCUT2D eigenvalue weighted by Gasteiger charge is 2.23. The summed E-state index contributed by atoms with van der Waals surface area (Å²) in [6.07, 6.45) is 7.71. The van der Waals surface area contributed by atoms with Crippen LogP contribution >= 0.6 is 0 Å².